The van der Waals surface area contributed by atoms with E-state index in [1.54, 1.807) is 18.2 Å². The minimum absolute atomic E-state index is 0.0306. The van der Waals surface area contributed by atoms with Gasteiger partial charge in [-0.05, 0) is 43.0 Å². The lowest BCUT2D eigenvalue weighted by atomic mass is 9.77. The third-order valence-electron chi connectivity index (χ3n) is 4.17. The Kier molecular flexibility index (Phi) is 3.33. The molecule has 1 amide bonds. The van der Waals surface area contributed by atoms with Crippen LogP contribution in [0.5, 0.6) is 0 Å². The van der Waals surface area contributed by atoms with Crippen molar-refractivity contribution in [3.8, 4) is 0 Å². The number of rotatable bonds is 2. The second-order valence-electron chi connectivity index (χ2n) is 6.31. The Labute approximate surface area is 122 Å². The summed E-state index contributed by atoms with van der Waals surface area (Å²) in [5, 5.41) is 6.23. The molecule has 1 saturated heterocycles. The van der Waals surface area contributed by atoms with Crippen LogP contribution in [0, 0.1) is 5.41 Å². The Balaban J connectivity index is 1.80. The van der Waals surface area contributed by atoms with Crippen LogP contribution in [0.2, 0.25) is 0 Å². The number of carbonyl (C=O) groups is 1. The van der Waals surface area contributed by atoms with Crippen molar-refractivity contribution in [3.05, 3.63) is 28.7 Å². The molecular weight excluding hydrogens is 268 g/mol. The first-order valence-electron chi connectivity index (χ1n) is 7.22. The van der Waals surface area contributed by atoms with E-state index in [9.17, 15) is 9.59 Å². The Morgan fingerprint density at radius 3 is 2.81 bits per heavy atom. The summed E-state index contributed by atoms with van der Waals surface area (Å²) >= 11 is 0. The number of amides is 1. The van der Waals surface area contributed by atoms with E-state index in [4.69, 9.17) is 0 Å². The van der Waals surface area contributed by atoms with E-state index in [0.717, 1.165) is 24.9 Å². The van der Waals surface area contributed by atoms with Gasteiger partial charge in [0.1, 0.15) is 0 Å². The van der Waals surface area contributed by atoms with Gasteiger partial charge < -0.3 is 20.6 Å². The summed E-state index contributed by atoms with van der Waals surface area (Å²) < 4.78 is 0. The molecule has 21 heavy (non-hydrogen) atoms. The Bertz CT molecular complexity index is 729. The zero-order valence-corrected chi connectivity index (χ0v) is 12.2. The van der Waals surface area contributed by atoms with Crippen molar-refractivity contribution in [1.82, 2.24) is 15.3 Å². The number of nitrogens with one attached hydrogen (secondary N) is 4. The second kappa shape index (κ2) is 5.04. The summed E-state index contributed by atoms with van der Waals surface area (Å²) in [4.78, 5) is 29.1. The molecule has 1 fully saturated rings. The number of piperidine rings is 1. The number of hydrogen-bond acceptors (Lipinski definition) is 3. The molecule has 0 aliphatic carbocycles. The van der Waals surface area contributed by atoms with Crippen LogP contribution in [0.1, 0.15) is 26.7 Å². The molecule has 0 radical (unpaired) electrons. The van der Waals surface area contributed by atoms with Gasteiger partial charge in [0, 0.05) is 5.69 Å². The molecule has 112 valence electrons. The fourth-order valence-electron chi connectivity index (χ4n) is 2.98. The topological polar surface area (TPSA) is 89.8 Å². The maximum absolute atomic E-state index is 12.5. The number of H-pyrrole nitrogens is 2. The second-order valence-corrected chi connectivity index (χ2v) is 6.31. The molecule has 0 saturated carbocycles. The van der Waals surface area contributed by atoms with Gasteiger partial charge in [-0.15, -0.1) is 0 Å². The van der Waals surface area contributed by atoms with E-state index in [0.29, 0.717) is 11.2 Å². The largest absolute Gasteiger partial charge is 0.325 e. The molecule has 1 unspecified atom stereocenters. The molecule has 4 N–H and O–H groups in total. The number of fused-ring (bicyclic) bond motifs is 1. The molecule has 1 aliphatic rings. The lowest BCUT2D eigenvalue weighted by Gasteiger charge is -2.38. The van der Waals surface area contributed by atoms with E-state index in [1.807, 2.05) is 0 Å². The molecule has 2 aromatic rings. The number of carbonyl (C=O) groups excluding carboxylic acids is 1. The van der Waals surface area contributed by atoms with E-state index in [2.05, 4.69) is 34.4 Å². The number of aromatic nitrogens is 2. The van der Waals surface area contributed by atoms with Gasteiger partial charge in [0.2, 0.25) is 5.91 Å². The fraction of sp³-hybridized carbons (Fsp3) is 0.467. The van der Waals surface area contributed by atoms with Gasteiger partial charge >= 0.3 is 5.69 Å². The van der Waals surface area contributed by atoms with Crippen LogP contribution >= 0.6 is 0 Å². The minimum Gasteiger partial charge on any atom is -0.325 e. The molecule has 0 spiro atoms. The predicted octanol–water partition coefficient (Wildman–Crippen LogP) is 1.57. The molecule has 1 atom stereocenters. The molecule has 0 bridgehead atoms. The van der Waals surface area contributed by atoms with Crippen molar-refractivity contribution in [3.63, 3.8) is 0 Å². The highest BCUT2D eigenvalue weighted by Crippen LogP contribution is 2.30. The van der Waals surface area contributed by atoms with Crippen molar-refractivity contribution in [2.45, 2.75) is 32.7 Å². The number of imidazole rings is 1. The summed E-state index contributed by atoms with van der Waals surface area (Å²) in [6, 6.07) is 5.13. The van der Waals surface area contributed by atoms with E-state index < -0.39 is 0 Å². The molecule has 6 heteroatoms. The van der Waals surface area contributed by atoms with Gasteiger partial charge in [-0.25, -0.2) is 4.79 Å². The van der Waals surface area contributed by atoms with E-state index in [1.165, 1.54) is 0 Å². The standard InChI is InChI=1S/C15H20N4O2/c1-15(2)6-3-7-16-12(15)13(20)17-9-4-5-10-11(8-9)19-14(21)18-10/h4-5,8,12,16H,3,6-7H2,1-2H3,(H,17,20)(H2,18,19,21). The normalized spacial score (nSPS) is 21.3. The smallest absolute Gasteiger partial charge is 0.323 e. The van der Waals surface area contributed by atoms with E-state index in [-0.39, 0.29) is 23.1 Å². The maximum Gasteiger partial charge on any atom is 0.323 e. The molecule has 2 heterocycles. The van der Waals surface area contributed by atoms with Gasteiger partial charge in [0.15, 0.2) is 0 Å². The molecule has 6 nitrogen and oxygen atoms in total. The van der Waals surface area contributed by atoms with Gasteiger partial charge in [-0.1, -0.05) is 13.8 Å². The van der Waals surface area contributed by atoms with Crippen LogP contribution in [-0.2, 0) is 4.79 Å². The van der Waals surface area contributed by atoms with Crippen LogP contribution in [0.15, 0.2) is 23.0 Å². The molecular formula is C15H20N4O2. The Morgan fingerprint density at radius 2 is 2.05 bits per heavy atom. The number of benzene rings is 1. The molecule has 3 rings (SSSR count). The monoisotopic (exact) mass is 288 g/mol. The molecule has 1 aliphatic heterocycles. The van der Waals surface area contributed by atoms with Crippen LogP contribution < -0.4 is 16.3 Å². The van der Waals surface area contributed by atoms with Crippen molar-refractivity contribution >= 4 is 22.6 Å². The highest BCUT2D eigenvalue weighted by molar-refractivity contribution is 5.97. The van der Waals surface area contributed by atoms with Gasteiger partial charge in [0.05, 0.1) is 17.1 Å². The lowest BCUT2D eigenvalue weighted by Crippen LogP contribution is -2.53. The van der Waals surface area contributed by atoms with Crippen LogP contribution in [0.25, 0.3) is 11.0 Å². The summed E-state index contributed by atoms with van der Waals surface area (Å²) in [7, 11) is 0. The first-order chi connectivity index (χ1) is 9.95. The maximum atomic E-state index is 12.5. The third-order valence-corrected chi connectivity index (χ3v) is 4.17. The highest BCUT2D eigenvalue weighted by atomic mass is 16.2. The molecule has 1 aromatic carbocycles. The third kappa shape index (κ3) is 2.71. The fourth-order valence-corrected chi connectivity index (χ4v) is 2.98. The van der Waals surface area contributed by atoms with Crippen LogP contribution in [0.4, 0.5) is 5.69 Å². The summed E-state index contributed by atoms with van der Waals surface area (Å²) in [6.45, 7) is 5.08. The highest BCUT2D eigenvalue weighted by Gasteiger charge is 2.37. The van der Waals surface area contributed by atoms with E-state index >= 15 is 0 Å². The summed E-state index contributed by atoms with van der Waals surface area (Å²) in [6.07, 6.45) is 2.12. The van der Waals surface area contributed by atoms with Crippen molar-refractivity contribution in [1.29, 1.82) is 0 Å². The minimum atomic E-state index is -0.247. The first kappa shape index (κ1) is 13.9. The quantitative estimate of drug-likeness (QED) is 0.676. The SMILES string of the molecule is CC1(C)CCCNC1C(=O)Nc1ccc2[nH]c(=O)[nH]c2c1. The van der Waals surface area contributed by atoms with Crippen molar-refractivity contribution < 1.29 is 4.79 Å². The number of anilines is 1. The zero-order valence-electron chi connectivity index (χ0n) is 12.2. The van der Waals surface area contributed by atoms with Crippen LogP contribution in [0.3, 0.4) is 0 Å². The van der Waals surface area contributed by atoms with Crippen molar-refractivity contribution in [2.75, 3.05) is 11.9 Å². The van der Waals surface area contributed by atoms with Gasteiger partial charge in [-0.2, -0.15) is 0 Å². The predicted molar refractivity (Wildman–Crippen MR) is 82.4 cm³/mol. The number of aromatic amines is 2. The number of hydrogen-bond donors (Lipinski definition) is 4. The average Bonchev–Trinajstić information content (AvgIpc) is 2.77. The zero-order chi connectivity index (χ0) is 15.0. The van der Waals surface area contributed by atoms with Crippen molar-refractivity contribution in [2.24, 2.45) is 5.41 Å². The Morgan fingerprint density at radius 1 is 1.29 bits per heavy atom. The lowest BCUT2D eigenvalue weighted by molar-refractivity contribution is -0.121. The summed E-state index contributed by atoms with van der Waals surface area (Å²) in [5.41, 5.74) is 1.80. The Hall–Kier alpha value is -2.08. The summed E-state index contributed by atoms with van der Waals surface area (Å²) in [5.74, 6) is -0.0306. The van der Waals surface area contributed by atoms with Gasteiger partial charge in [0.25, 0.3) is 0 Å². The van der Waals surface area contributed by atoms with Crippen LogP contribution in [-0.4, -0.2) is 28.5 Å². The van der Waals surface area contributed by atoms with Gasteiger partial charge in [-0.3, -0.25) is 4.79 Å². The molecule has 1 aromatic heterocycles. The average molecular weight is 288 g/mol. The first-order valence-corrected chi connectivity index (χ1v) is 7.22.